The fourth-order valence-corrected chi connectivity index (χ4v) is 4.50. The Morgan fingerprint density at radius 1 is 1.35 bits per heavy atom. The molecular formula is C17H24N2O. The number of fused-ring (bicyclic) bond motifs is 3. The van der Waals surface area contributed by atoms with Crippen LogP contribution in [0.25, 0.3) is 0 Å². The second kappa shape index (κ2) is 4.51. The third-order valence-electron chi connectivity index (χ3n) is 5.64. The van der Waals surface area contributed by atoms with E-state index in [1.165, 1.54) is 24.1 Å². The molecule has 1 fully saturated rings. The lowest BCUT2D eigenvalue weighted by Crippen LogP contribution is -2.58. The molecule has 1 aromatic rings. The van der Waals surface area contributed by atoms with Gasteiger partial charge >= 0.3 is 0 Å². The van der Waals surface area contributed by atoms with Gasteiger partial charge in [0, 0.05) is 44.2 Å². The van der Waals surface area contributed by atoms with Crippen molar-refractivity contribution >= 4 is 11.6 Å². The van der Waals surface area contributed by atoms with Crippen molar-refractivity contribution in [3.8, 4) is 0 Å². The second-order valence-electron chi connectivity index (χ2n) is 6.50. The molecule has 3 heteroatoms. The van der Waals surface area contributed by atoms with Crippen LogP contribution in [0.3, 0.4) is 0 Å². The molecule has 1 amide bonds. The Morgan fingerprint density at radius 2 is 2.05 bits per heavy atom. The molecule has 1 aliphatic carbocycles. The van der Waals surface area contributed by atoms with Gasteiger partial charge in [0.1, 0.15) is 0 Å². The van der Waals surface area contributed by atoms with Gasteiger partial charge in [0.25, 0.3) is 0 Å². The molecular weight excluding hydrogens is 248 g/mol. The molecule has 3 atom stereocenters. The number of para-hydroxylation sites is 1. The molecule has 1 saturated carbocycles. The normalized spacial score (nSPS) is 31.7. The van der Waals surface area contributed by atoms with Crippen molar-refractivity contribution in [2.75, 3.05) is 19.0 Å². The molecule has 0 radical (unpaired) electrons. The Balaban J connectivity index is 2.12. The van der Waals surface area contributed by atoms with Gasteiger partial charge in [-0.3, -0.25) is 4.79 Å². The molecule has 1 aromatic carbocycles. The lowest BCUT2D eigenvalue weighted by molar-refractivity contribution is -0.131. The Morgan fingerprint density at radius 3 is 2.75 bits per heavy atom. The van der Waals surface area contributed by atoms with Gasteiger partial charge in [-0.2, -0.15) is 0 Å². The highest BCUT2D eigenvalue weighted by Gasteiger charge is 2.54. The number of hydrogen-bond acceptors (Lipinski definition) is 2. The van der Waals surface area contributed by atoms with Gasteiger partial charge in [0.05, 0.1) is 0 Å². The minimum absolute atomic E-state index is 0.0456. The first-order chi connectivity index (χ1) is 9.48. The minimum atomic E-state index is 0.0456. The standard InChI is InChI=1S/C17H24N2O/c1-12(20)18(3)15-10-7-11-16-17(15,2)13-8-5-6-9-14(13)19(16)4/h5-6,8-9,15-16H,7,10-11H2,1-4H3/t15-,16-,17+/m1/s1. The monoisotopic (exact) mass is 272 g/mol. The summed E-state index contributed by atoms with van der Waals surface area (Å²) in [6.07, 6.45) is 3.51. The Bertz CT molecular complexity index is 542. The van der Waals surface area contributed by atoms with Gasteiger partial charge in [0.2, 0.25) is 5.91 Å². The summed E-state index contributed by atoms with van der Waals surface area (Å²) in [4.78, 5) is 16.3. The highest BCUT2D eigenvalue weighted by molar-refractivity contribution is 5.74. The summed E-state index contributed by atoms with van der Waals surface area (Å²) in [5, 5.41) is 0. The van der Waals surface area contributed by atoms with Crippen molar-refractivity contribution in [1.29, 1.82) is 0 Å². The molecule has 2 aliphatic rings. The molecule has 0 aromatic heterocycles. The summed E-state index contributed by atoms with van der Waals surface area (Å²) >= 11 is 0. The summed E-state index contributed by atoms with van der Waals surface area (Å²) in [5.41, 5.74) is 2.79. The van der Waals surface area contributed by atoms with E-state index in [1.807, 2.05) is 11.9 Å². The molecule has 20 heavy (non-hydrogen) atoms. The first kappa shape index (κ1) is 13.5. The quantitative estimate of drug-likeness (QED) is 0.785. The van der Waals surface area contributed by atoms with Crippen LogP contribution in [0.5, 0.6) is 0 Å². The van der Waals surface area contributed by atoms with Crippen molar-refractivity contribution in [2.45, 2.75) is 50.6 Å². The highest BCUT2D eigenvalue weighted by atomic mass is 16.2. The second-order valence-corrected chi connectivity index (χ2v) is 6.50. The number of carbonyl (C=O) groups is 1. The van der Waals surface area contributed by atoms with Gasteiger partial charge in [-0.15, -0.1) is 0 Å². The molecule has 0 unspecified atom stereocenters. The number of anilines is 1. The van der Waals surface area contributed by atoms with Crippen LogP contribution < -0.4 is 4.90 Å². The number of amides is 1. The number of nitrogens with zero attached hydrogens (tertiary/aromatic N) is 2. The van der Waals surface area contributed by atoms with Crippen LogP contribution in [-0.2, 0) is 10.2 Å². The molecule has 1 aliphatic heterocycles. The lowest BCUT2D eigenvalue weighted by atomic mass is 9.65. The van der Waals surface area contributed by atoms with E-state index < -0.39 is 0 Å². The smallest absolute Gasteiger partial charge is 0.219 e. The summed E-state index contributed by atoms with van der Waals surface area (Å²) in [7, 11) is 4.16. The zero-order valence-electron chi connectivity index (χ0n) is 12.9. The van der Waals surface area contributed by atoms with Crippen LogP contribution in [0.2, 0.25) is 0 Å². The number of benzene rings is 1. The first-order valence-corrected chi connectivity index (χ1v) is 7.53. The van der Waals surface area contributed by atoms with Crippen molar-refractivity contribution in [3.05, 3.63) is 29.8 Å². The Kier molecular flexibility index (Phi) is 3.03. The molecule has 1 heterocycles. The zero-order valence-corrected chi connectivity index (χ0v) is 12.9. The van der Waals surface area contributed by atoms with Gasteiger partial charge in [-0.05, 0) is 30.9 Å². The maximum atomic E-state index is 11.9. The molecule has 0 saturated heterocycles. The maximum absolute atomic E-state index is 11.9. The fourth-order valence-electron chi connectivity index (χ4n) is 4.50. The lowest BCUT2D eigenvalue weighted by Gasteiger charge is -2.48. The van der Waals surface area contributed by atoms with E-state index in [4.69, 9.17) is 0 Å². The molecule has 3 rings (SSSR count). The minimum Gasteiger partial charge on any atom is -0.370 e. The Hall–Kier alpha value is -1.51. The van der Waals surface area contributed by atoms with E-state index in [0.29, 0.717) is 12.1 Å². The van der Waals surface area contributed by atoms with Crippen LogP contribution in [0.4, 0.5) is 5.69 Å². The van der Waals surface area contributed by atoms with E-state index in [0.717, 1.165) is 6.42 Å². The summed E-state index contributed by atoms with van der Waals surface area (Å²) in [6.45, 7) is 4.03. The summed E-state index contributed by atoms with van der Waals surface area (Å²) in [6, 6.07) is 9.49. The van der Waals surface area contributed by atoms with E-state index in [9.17, 15) is 4.79 Å². The predicted molar refractivity (Wildman–Crippen MR) is 82.1 cm³/mol. The number of carbonyl (C=O) groups excluding carboxylic acids is 1. The molecule has 108 valence electrons. The van der Waals surface area contributed by atoms with Crippen LogP contribution in [0, 0.1) is 0 Å². The average molecular weight is 272 g/mol. The van der Waals surface area contributed by atoms with E-state index >= 15 is 0 Å². The molecule has 0 bridgehead atoms. The van der Waals surface area contributed by atoms with Gasteiger partial charge in [0.15, 0.2) is 0 Å². The first-order valence-electron chi connectivity index (χ1n) is 7.53. The number of hydrogen-bond donors (Lipinski definition) is 0. The van der Waals surface area contributed by atoms with Crippen LogP contribution in [-0.4, -0.2) is 37.0 Å². The summed E-state index contributed by atoms with van der Waals surface area (Å²) in [5.74, 6) is 0.170. The van der Waals surface area contributed by atoms with Crippen LogP contribution in [0.15, 0.2) is 24.3 Å². The van der Waals surface area contributed by atoms with Crippen molar-refractivity contribution in [1.82, 2.24) is 4.90 Å². The topological polar surface area (TPSA) is 23.6 Å². The number of rotatable bonds is 1. The van der Waals surface area contributed by atoms with Gasteiger partial charge in [-0.25, -0.2) is 0 Å². The van der Waals surface area contributed by atoms with Crippen molar-refractivity contribution in [2.24, 2.45) is 0 Å². The SMILES string of the molecule is CC(=O)N(C)[C@@H]1CCC[C@H]2N(C)c3ccccc3[C@@]12C. The maximum Gasteiger partial charge on any atom is 0.219 e. The van der Waals surface area contributed by atoms with Gasteiger partial charge < -0.3 is 9.80 Å². The number of likely N-dealkylation sites (N-methyl/N-ethyl adjacent to an activating group) is 2. The molecule has 3 nitrogen and oxygen atoms in total. The van der Waals surface area contributed by atoms with E-state index in [2.05, 4.69) is 43.1 Å². The van der Waals surface area contributed by atoms with E-state index in [-0.39, 0.29) is 11.3 Å². The van der Waals surface area contributed by atoms with Crippen molar-refractivity contribution < 1.29 is 4.79 Å². The van der Waals surface area contributed by atoms with Gasteiger partial charge in [-0.1, -0.05) is 25.1 Å². The molecule has 0 N–H and O–H groups in total. The molecule has 0 spiro atoms. The highest BCUT2D eigenvalue weighted by Crippen LogP contribution is 2.52. The fraction of sp³-hybridized carbons (Fsp3) is 0.588. The van der Waals surface area contributed by atoms with Crippen LogP contribution in [0.1, 0.15) is 38.7 Å². The van der Waals surface area contributed by atoms with E-state index in [1.54, 1.807) is 6.92 Å². The van der Waals surface area contributed by atoms with Crippen molar-refractivity contribution in [3.63, 3.8) is 0 Å². The average Bonchev–Trinajstić information content (AvgIpc) is 2.67. The largest absolute Gasteiger partial charge is 0.370 e. The summed E-state index contributed by atoms with van der Waals surface area (Å²) < 4.78 is 0. The Labute approximate surface area is 121 Å². The third kappa shape index (κ3) is 1.62. The van der Waals surface area contributed by atoms with Crippen LogP contribution >= 0.6 is 0 Å². The zero-order chi connectivity index (χ0) is 14.5. The predicted octanol–water partition coefficient (Wildman–Crippen LogP) is 2.79. The third-order valence-corrected chi connectivity index (χ3v) is 5.64.